The van der Waals surface area contributed by atoms with Gasteiger partial charge in [0, 0.05) is 16.0 Å². The Morgan fingerprint density at radius 2 is 1.72 bits per heavy atom. The highest BCUT2D eigenvalue weighted by Gasteiger charge is 2.44. The van der Waals surface area contributed by atoms with Crippen molar-refractivity contribution in [2.45, 2.75) is 31.3 Å². The van der Waals surface area contributed by atoms with E-state index in [1.54, 1.807) is 6.07 Å². The highest BCUT2D eigenvalue weighted by molar-refractivity contribution is 9.10. The van der Waals surface area contributed by atoms with Gasteiger partial charge in [0.1, 0.15) is 11.7 Å². The summed E-state index contributed by atoms with van der Waals surface area (Å²) in [4.78, 5) is 0. The van der Waals surface area contributed by atoms with Gasteiger partial charge in [-0.1, -0.05) is 87.1 Å². The molecule has 1 heterocycles. The molecule has 3 aromatic rings. The van der Waals surface area contributed by atoms with Gasteiger partial charge >= 0.3 is 0 Å². The molecule has 2 atom stereocenters. The summed E-state index contributed by atoms with van der Waals surface area (Å²) in [5.74, 6) is 0. The third-order valence-corrected chi connectivity index (χ3v) is 7.50. The lowest BCUT2D eigenvalue weighted by atomic mass is 9.82. The van der Waals surface area contributed by atoms with Crippen LogP contribution >= 0.6 is 50.7 Å². The Labute approximate surface area is 212 Å². The van der Waals surface area contributed by atoms with Gasteiger partial charge in [-0.25, -0.2) is 0 Å². The molecule has 0 radical (unpaired) electrons. The second-order valence-corrected chi connectivity index (χ2v) is 9.88. The van der Waals surface area contributed by atoms with E-state index in [1.807, 2.05) is 54.6 Å². The fraction of sp³-hybridized carbons (Fsp3) is 0.280. The minimum atomic E-state index is -0.624. The van der Waals surface area contributed by atoms with Crippen LogP contribution in [0.1, 0.15) is 23.1 Å². The summed E-state index contributed by atoms with van der Waals surface area (Å²) in [6.45, 7) is 2.35. The van der Waals surface area contributed by atoms with E-state index in [0.717, 1.165) is 34.1 Å². The third-order valence-electron chi connectivity index (χ3n) is 5.73. The highest BCUT2D eigenvalue weighted by atomic mass is 79.9. The predicted molar refractivity (Wildman–Crippen MR) is 135 cm³/mol. The van der Waals surface area contributed by atoms with E-state index in [9.17, 15) is 0 Å². The normalized spacial score (nSPS) is 20.9. The Hall–Kier alpha value is -1.11. The molecule has 0 bridgehead atoms. The number of hydrogen-bond donors (Lipinski definition) is 1. The molecule has 1 aliphatic heterocycles. The van der Waals surface area contributed by atoms with Gasteiger partial charge in [-0.05, 0) is 60.0 Å². The maximum Gasteiger partial charge on any atom is 0.122 e. The van der Waals surface area contributed by atoms with Gasteiger partial charge in [0.25, 0.3) is 0 Å². The van der Waals surface area contributed by atoms with Crippen LogP contribution in [0.2, 0.25) is 15.1 Å². The van der Waals surface area contributed by atoms with Gasteiger partial charge in [0.05, 0.1) is 23.3 Å². The number of ether oxygens (including phenoxy) is 2. The Bertz CT molecular complexity index is 1060. The van der Waals surface area contributed by atoms with Crippen molar-refractivity contribution in [1.29, 1.82) is 0 Å². The van der Waals surface area contributed by atoms with Crippen LogP contribution in [0.15, 0.2) is 71.2 Å². The van der Waals surface area contributed by atoms with E-state index in [0.29, 0.717) is 34.8 Å². The molecule has 0 unspecified atom stereocenters. The Balaban J connectivity index is 1.62. The first-order chi connectivity index (χ1) is 15.5. The summed E-state index contributed by atoms with van der Waals surface area (Å²) >= 11 is 22.1. The Morgan fingerprint density at radius 3 is 2.47 bits per heavy atom. The molecule has 0 saturated carbocycles. The number of hydrogen-bond acceptors (Lipinski definition) is 3. The van der Waals surface area contributed by atoms with Crippen LogP contribution in [0.25, 0.3) is 0 Å². The molecule has 0 aliphatic carbocycles. The molecule has 1 aliphatic rings. The molecule has 3 nitrogen and oxygen atoms in total. The van der Waals surface area contributed by atoms with Crippen LogP contribution in [-0.2, 0) is 28.3 Å². The summed E-state index contributed by atoms with van der Waals surface area (Å²) in [5, 5.41) is 5.19. The summed E-state index contributed by atoms with van der Waals surface area (Å²) in [5.41, 5.74) is 2.47. The van der Waals surface area contributed by atoms with Gasteiger partial charge in [-0.3, -0.25) is 0 Å². The second kappa shape index (κ2) is 10.9. The van der Waals surface area contributed by atoms with E-state index in [4.69, 9.17) is 44.3 Å². The fourth-order valence-corrected chi connectivity index (χ4v) is 4.83. The predicted octanol–water partition coefficient (Wildman–Crippen LogP) is 7.40. The standard InChI is InChI=1S/C25H23BrCl3NO2/c26-21-4-2-1-3-18(21)16-32-25(19-6-8-20(27)9-7-19)11-12-30-14-24(25)31-15-17-5-10-22(28)23(29)13-17/h1-10,13,24,30H,11-12,14-16H2/t24-,25+/m0/s1. The Kier molecular flexibility index (Phi) is 8.17. The minimum absolute atomic E-state index is 0.214. The lowest BCUT2D eigenvalue weighted by Crippen LogP contribution is -2.54. The zero-order valence-electron chi connectivity index (χ0n) is 17.3. The smallest absolute Gasteiger partial charge is 0.122 e. The number of nitrogens with one attached hydrogen (secondary N) is 1. The largest absolute Gasteiger partial charge is 0.369 e. The van der Waals surface area contributed by atoms with Crippen LogP contribution in [0, 0.1) is 0 Å². The van der Waals surface area contributed by atoms with Crippen molar-refractivity contribution in [2.24, 2.45) is 0 Å². The van der Waals surface area contributed by atoms with Crippen LogP contribution in [0.3, 0.4) is 0 Å². The number of benzene rings is 3. The van der Waals surface area contributed by atoms with Crippen LogP contribution < -0.4 is 5.32 Å². The lowest BCUT2D eigenvalue weighted by Gasteiger charge is -2.44. The second-order valence-electron chi connectivity index (χ2n) is 7.78. The average Bonchev–Trinajstić information content (AvgIpc) is 2.80. The number of piperidine rings is 1. The monoisotopic (exact) mass is 553 g/mol. The summed E-state index contributed by atoms with van der Waals surface area (Å²) in [7, 11) is 0. The molecule has 0 amide bonds. The maximum absolute atomic E-state index is 6.72. The molecule has 1 fully saturated rings. The van der Waals surface area contributed by atoms with Crippen molar-refractivity contribution < 1.29 is 9.47 Å². The number of rotatable bonds is 7. The van der Waals surface area contributed by atoms with Crippen molar-refractivity contribution in [2.75, 3.05) is 13.1 Å². The first-order valence-corrected chi connectivity index (χ1v) is 12.3. The zero-order chi connectivity index (χ0) is 22.6. The van der Waals surface area contributed by atoms with Crippen molar-refractivity contribution in [1.82, 2.24) is 5.32 Å². The van der Waals surface area contributed by atoms with Crippen LogP contribution in [0.5, 0.6) is 0 Å². The van der Waals surface area contributed by atoms with E-state index < -0.39 is 5.60 Å². The maximum atomic E-state index is 6.72. The minimum Gasteiger partial charge on any atom is -0.369 e. The topological polar surface area (TPSA) is 30.5 Å². The highest BCUT2D eigenvalue weighted by Crippen LogP contribution is 2.39. The first-order valence-electron chi connectivity index (χ1n) is 10.4. The average molecular weight is 556 g/mol. The molecule has 0 spiro atoms. The third kappa shape index (κ3) is 5.51. The van der Waals surface area contributed by atoms with Crippen LogP contribution in [0.4, 0.5) is 0 Å². The number of halogens is 4. The van der Waals surface area contributed by atoms with Gasteiger partial charge in [0.15, 0.2) is 0 Å². The first kappa shape index (κ1) is 24.0. The van der Waals surface area contributed by atoms with E-state index in [-0.39, 0.29) is 6.10 Å². The molecule has 1 N–H and O–H groups in total. The molecule has 32 heavy (non-hydrogen) atoms. The van der Waals surface area contributed by atoms with Gasteiger partial charge in [-0.2, -0.15) is 0 Å². The quantitative estimate of drug-likeness (QED) is 0.330. The van der Waals surface area contributed by atoms with Crippen molar-refractivity contribution in [3.63, 3.8) is 0 Å². The Morgan fingerprint density at radius 1 is 0.938 bits per heavy atom. The molecule has 3 aromatic carbocycles. The molecule has 4 rings (SSSR count). The molecule has 1 saturated heterocycles. The van der Waals surface area contributed by atoms with Gasteiger partial charge in [-0.15, -0.1) is 0 Å². The molecule has 168 valence electrons. The summed E-state index contributed by atoms with van der Waals surface area (Å²) < 4.78 is 14.2. The van der Waals surface area contributed by atoms with Crippen molar-refractivity contribution in [3.8, 4) is 0 Å². The van der Waals surface area contributed by atoms with Gasteiger partial charge < -0.3 is 14.8 Å². The molecular formula is C25H23BrCl3NO2. The van der Waals surface area contributed by atoms with Crippen LogP contribution in [-0.4, -0.2) is 19.2 Å². The van der Waals surface area contributed by atoms with Crippen molar-refractivity contribution >= 4 is 50.7 Å². The van der Waals surface area contributed by atoms with Crippen molar-refractivity contribution in [3.05, 3.63) is 103 Å². The van der Waals surface area contributed by atoms with E-state index >= 15 is 0 Å². The van der Waals surface area contributed by atoms with E-state index in [1.165, 1.54) is 0 Å². The lowest BCUT2D eigenvalue weighted by molar-refractivity contribution is -0.176. The molecule has 7 heteroatoms. The van der Waals surface area contributed by atoms with Gasteiger partial charge in [0.2, 0.25) is 0 Å². The SMILES string of the molecule is Clc1ccc([C@]2(OCc3ccccc3Br)CCNC[C@@H]2OCc2ccc(Cl)c(Cl)c2)cc1. The summed E-state index contributed by atoms with van der Waals surface area (Å²) in [6.07, 6.45) is 0.555. The zero-order valence-corrected chi connectivity index (χ0v) is 21.1. The molecule has 0 aromatic heterocycles. The molecular weight excluding hydrogens is 533 g/mol. The van der Waals surface area contributed by atoms with E-state index in [2.05, 4.69) is 27.3 Å². The summed E-state index contributed by atoms with van der Waals surface area (Å²) in [6, 6.07) is 21.5. The fourth-order valence-electron chi connectivity index (χ4n) is 3.99.